The van der Waals surface area contributed by atoms with Gasteiger partial charge < -0.3 is 11.1 Å². The van der Waals surface area contributed by atoms with E-state index in [1.54, 1.807) is 0 Å². The number of anilines is 1. The molecule has 1 fully saturated rings. The molecule has 1 amide bonds. The third-order valence-electron chi connectivity index (χ3n) is 4.44. The Labute approximate surface area is 121 Å². The van der Waals surface area contributed by atoms with Gasteiger partial charge in [0.05, 0.1) is 5.41 Å². The highest BCUT2D eigenvalue weighted by molar-refractivity contribution is 5.95. The van der Waals surface area contributed by atoms with Crippen molar-refractivity contribution < 1.29 is 4.79 Å². The summed E-state index contributed by atoms with van der Waals surface area (Å²) in [5.41, 5.74) is 7.76. The molecule has 1 aromatic rings. The number of nitrogens with two attached hydrogens (primary N) is 1. The molecular formula is C17H26N2O. The minimum atomic E-state index is -0.345. The molecule has 20 heavy (non-hydrogen) atoms. The molecule has 1 saturated carbocycles. The molecule has 2 rings (SSSR count). The van der Waals surface area contributed by atoms with Gasteiger partial charge in [-0.1, -0.05) is 45.7 Å². The van der Waals surface area contributed by atoms with Crippen molar-refractivity contribution in [2.75, 3.05) is 11.9 Å². The molecule has 0 aromatic heterocycles. The van der Waals surface area contributed by atoms with Crippen molar-refractivity contribution in [3.8, 4) is 0 Å². The Bertz CT molecular complexity index is 465. The van der Waals surface area contributed by atoms with Crippen LogP contribution in [0.2, 0.25) is 0 Å². The third kappa shape index (κ3) is 3.04. The second-order valence-corrected chi connectivity index (χ2v) is 6.97. The van der Waals surface area contributed by atoms with Crippen LogP contribution in [0.15, 0.2) is 24.3 Å². The summed E-state index contributed by atoms with van der Waals surface area (Å²) < 4.78 is 0. The summed E-state index contributed by atoms with van der Waals surface area (Å²) in [7, 11) is 0. The van der Waals surface area contributed by atoms with Crippen LogP contribution in [0.25, 0.3) is 0 Å². The van der Waals surface area contributed by atoms with E-state index in [9.17, 15) is 4.79 Å². The average Bonchev–Trinajstić information content (AvgIpc) is 2.88. The van der Waals surface area contributed by atoms with Gasteiger partial charge in [-0.15, -0.1) is 0 Å². The first-order chi connectivity index (χ1) is 9.37. The van der Waals surface area contributed by atoms with Crippen LogP contribution in [0, 0.1) is 5.41 Å². The van der Waals surface area contributed by atoms with Crippen molar-refractivity contribution in [3.63, 3.8) is 0 Å². The molecule has 1 aliphatic rings. The van der Waals surface area contributed by atoms with Crippen molar-refractivity contribution in [1.82, 2.24) is 0 Å². The van der Waals surface area contributed by atoms with Gasteiger partial charge >= 0.3 is 0 Å². The first-order valence-corrected chi connectivity index (χ1v) is 7.49. The maximum Gasteiger partial charge on any atom is 0.231 e. The summed E-state index contributed by atoms with van der Waals surface area (Å²) in [6, 6.07) is 8.13. The number of rotatable bonds is 3. The summed E-state index contributed by atoms with van der Waals surface area (Å²) in [6.07, 6.45) is 4.03. The maximum absolute atomic E-state index is 12.5. The summed E-state index contributed by atoms with van der Waals surface area (Å²) in [5.74, 6) is 0.0843. The van der Waals surface area contributed by atoms with Gasteiger partial charge in [0, 0.05) is 12.2 Å². The lowest BCUT2D eigenvalue weighted by Gasteiger charge is -2.26. The first-order valence-electron chi connectivity index (χ1n) is 7.49. The molecule has 0 spiro atoms. The smallest absolute Gasteiger partial charge is 0.231 e. The van der Waals surface area contributed by atoms with Crippen molar-refractivity contribution in [3.05, 3.63) is 29.8 Å². The van der Waals surface area contributed by atoms with Crippen LogP contribution in [-0.2, 0) is 10.2 Å². The fourth-order valence-corrected chi connectivity index (χ4v) is 2.89. The highest BCUT2D eigenvalue weighted by Gasteiger charge is 2.39. The van der Waals surface area contributed by atoms with Gasteiger partial charge in [-0.2, -0.15) is 0 Å². The topological polar surface area (TPSA) is 55.1 Å². The summed E-state index contributed by atoms with van der Waals surface area (Å²) in [5, 5.41) is 3.04. The van der Waals surface area contributed by atoms with Crippen LogP contribution in [-0.4, -0.2) is 12.5 Å². The molecule has 0 aliphatic heterocycles. The van der Waals surface area contributed by atoms with Crippen LogP contribution < -0.4 is 11.1 Å². The molecule has 0 radical (unpaired) electrons. The number of nitrogens with one attached hydrogen (secondary N) is 1. The minimum absolute atomic E-state index is 0.0843. The predicted octanol–water partition coefficient (Wildman–Crippen LogP) is 3.44. The number of carbonyl (C=O) groups excluding carboxylic acids is 1. The maximum atomic E-state index is 12.5. The monoisotopic (exact) mass is 274 g/mol. The predicted molar refractivity (Wildman–Crippen MR) is 83.7 cm³/mol. The van der Waals surface area contributed by atoms with Gasteiger partial charge in [-0.25, -0.2) is 0 Å². The number of hydrogen-bond donors (Lipinski definition) is 2. The van der Waals surface area contributed by atoms with E-state index in [0.717, 1.165) is 31.4 Å². The average molecular weight is 274 g/mol. The van der Waals surface area contributed by atoms with Gasteiger partial charge in [0.2, 0.25) is 5.91 Å². The Balaban J connectivity index is 2.08. The standard InChI is InChI=1S/C17H26N2O/c1-16(2,3)13-6-8-14(9-7-13)19-15(20)17(12-18)10-4-5-11-17/h6-9H,4-5,10-12,18H2,1-3H3,(H,19,20). The van der Waals surface area contributed by atoms with E-state index >= 15 is 0 Å². The minimum Gasteiger partial charge on any atom is -0.329 e. The second-order valence-electron chi connectivity index (χ2n) is 6.97. The van der Waals surface area contributed by atoms with Crippen LogP contribution >= 0.6 is 0 Å². The Morgan fingerprint density at radius 2 is 1.75 bits per heavy atom. The lowest BCUT2D eigenvalue weighted by atomic mass is 9.85. The largest absolute Gasteiger partial charge is 0.329 e. The molecule has 0 bridgehead atoms. The van der Waals surface area contributed by atoms with Crippen LogP contribution in [0.4, 0.5) is 5.69 Å². The Kier molecular flexibility index (Phi) is 4.19. The third-order valence-corrected chi connectivity index (χ3v) is 4.44. The van der Waals surface area contributed by atoms with E-state index in [1.165, 1.54) is 5.56 Å². The fraction of sp³-hybridized carbons (Fsp3) is 0.588. The zero-order chi connectivity index (χ0) is 14.8. The number of carbonyl (C=O) groups is 1. The van der Waals surface area contributed by atoms with E-state index in [1.807, 2.05) is 12.1 Å². The number of hydrogen-bond acceptors (Lipinski definition) is 2. The molecule has 0 unspecified atom stereocenters. The van der Waals surface area contributed by atoms with Crippen molar-refractivity contribution in [2.24, 2.45) is 11.1 Å². The fourth-order valence-electron chi connectivity index (χ4n) is 2.89. The molecule has 3 N–H and O–H groups in total. The Hall–Kier alpha value is -1.35. The quantitative estimate of drug-likeness (QED) is 0.887. The van der Waals surface area contributed by atoms with Crippen molar-refractivity contribution in [1.29, 1.82) is 0 Å². The highest BCUT2D eigenvalue weighted by Crippen LogP contribution is 2.38. The van der Waals surface area contributed by atoms with Crippen molar-refractivity contribution in [2.45, 2.75) is 51.9 Å². The van der Waals surface area contributed by atoms with Gasteiger partial charge in [0.25, 0.3) is 0 Å². The molecule has 0 atom stereocenters. The van der Waals surface area contributed by atoms with Crippen LogP contribution in [0.3, 0.4) is 0 Å². The molecular weight excluding hydrogens is 248 g/mol. The highest BCUT2D eigenvalue weighted by atomic mass is 16.2. The van der Waals surface area contributed by atoms with Gasteiger partial charge in [0.15, 0.2) is 0 Å². The van der Waals surface area contributed by atoms with Gasteiger partial charge in [-0.05, 0) is 36.0 Å². The van der Waals surface area contributed by atoms with Gasteiger partial charge in [-0.3, -0.25) is 4.79 Å². The SMILES string of the molecule is CC(C)(C)c1ccc(NC(=O)C2(CN)CCCC2)cc1. The molecule has 0 heterocycles. The second kappa shape index (κ2) is 5.57. The normalized spacial score (nSPS) is 18.0. The van der Waals surface area contributed by atoms with Crippen molar-refractivity contribution >= 4 is 11.6 Å². The van der Waals surface area contributed by atoms with E-state index in [-0.39, 0.29) is 16.7 Å². The molecule has 1 aliphatic carbocycles. The Morgan fingerprint density at radius 3 is 2.20 bits per heavy atom. The summed E-state index contributed by atoms with van der Waals surface area (Å²) in [4.78, 5) is 12.5. The number of benzene rings is 1. The lowest BCUT2D eigenvalue weighted by Crippen LogP contribution is -2.40. The van der Waals surface area contributed by atoms with Crippen LogP contribution in [0.5, 0.6) is 0 Å². The Morgan fingerprint density at radius 1 is 1.20 bits per heavy atom. The number of amides is 1. The molecule has 3 heteroatoms. The zero-order valence-electron chi connectivity index (χ0n) is 12.8. The lowest BCUT2D eigenvalue weighted by molar-refractivity contribution is -0.124. The van der Waals surface area contributed by atoms with Gasteiger partial charge in [0.1, 0.15) is 0 Å². The summed E-state index contributed by atoms with van der Waals surface area (Å²) in [6.45, 7) is 6.99. The zero-order valence-corrected chi connectivity index (χ0v) is 12.8. The van der Waals surface area contributed by atoms with E-state index in [0.29, 0.717) is 6.54 Å². The molecule has 3 nitrogen and oxygen atoms in total. The van der Waals surface area contributed by atoms with E-state index < -0.39 is 0 Å². The molecule has 0 saturated heterocycles. The summed E-state index contributed by atoms with van der Waals surface area (Å²) >= 11 is 0. The van der Waals surface area contributed by atoms with E-state index in [4.69, 9.17) is 5.73 Å². The molecule has 1 aromatic carbocycles. The first kappa shape index (κ1) is 15.0. The van der Waals surface area contributed by atoms with Crippen LogP contribution in [0.1, 0.15) is 52.0 Å². The molecule has 110 valence electrons. The van der Waals surface area contributed by atoms with E-state index in [2.05, 4.69) is 38.2 Å².